The Morgan fingerprint density at radius 2 is 2.03 bits per heavy atom. The molecular formula is C23H22ClN3O2. The van der Waals surface area contributed by atoms with Crippen LogP contribution >= 0.6 is 11.6 Å². The van der Waals surface area contributed by atoms with E-state index in [2.05, 4.69) is 22.5 Å². The molecule has 148 valence electrons. The summed E-state index contributed by atoms with van der Waals surface area (Å²) in [5.41, 5.74) is 3.66. The van der Waals surface area contributed by atoms with Crippen molar-refractivity contribution in [3.8, 4) is 0 Å². The number of benzene rings is 1. The zero-order chi connectivity index (χ0) is 20.5. The topological polar surface area (TPSA) is 71.1 Å². The van der Waals surface area contributed by atoms with Crippen molar-refractivity contribution in [2.45, 2.75) is 32.6 Å². The number of nitrogens with zero attached hydrogens (tertiary/aromatic N) is 1. The monoisotopic (exact) mass is 407 g/mol. The predicted octanol–water partition coefficient (Wildman–Crippen LogP) is 4.59. The fraction of sp³-hybridized carbons (Fsp3) is 0.261. The molecule has 1 aromatic heterocycles. The zero-order valence-corrected chi connectivity index (χ0v) is 17.1. The predicted molar refractivity (Wildman–Crippen MR) is 113 cm³/mol. The summed E-state index contributed by atoms with van der Waals surface area (Å²) in [5, 5.41) is 6.77. The summed E-state index contributed by atoms with van der Waals surface area (Å²) in [6.45, 7) is 3.94. The number of halogens is 1. The van der Waals surface area contributed by atoms with Gasteiger partial charge in [0.25, 0.3) is 5.91 Å². The molecule has 1 aromatic carbocycles. The van der Waals surface area contributed by atoms with Gasteiger partial charge in [0.1, 0.15) is 5.82 Å². The van der Waals surface area contributed by atoms with Crippen LogP contribution in [0.3, 0.4) is 0 Å². The third kappa shape index (κ3) is 3.83. The van der Waals surface area contributed by atoms with Crippen LogP contribution in [0.25, 0.3) is 0 Å². The molecule has 4 rings (SSSR count). The fourth-order valence-electron chi connectivity index (χ4n) is 4.17. The van der Waals surface area contributed by atoms with E-state index < -0.39 is 5.92 Å². The van der Waals surface area contributed by atoms with Gasteiger partial charge in [-0.3, -0.25) is 9.59 Å². The largest absolute Gasteiger partial charge is 0.362 e. The van der Waals surface area contributed by atoms with Crippen LogP contribution in [0, 0.1) is 5.92 Å². The number of nitrogens with one attached hydrogen (secondary N) is 2. The van der Waals surface area contributed by atoms with E-state index >= 15 is 0 Å². The first-order valence-corrected chi connectivity index (χ1v) is 10.0. The molecule has 0 bridgehead atoms. The van der Waals surface area contributed by atoms with Crippen molar-refractivity contribution < 1.29 is 9.59 Å². The summed E-state index contributed by atoms with van der Waals surface area (Å²) in [5.74, 6) is 0.0636. The molecule has 1 aliphatic carbocycles. The van der Waals surface area contributed by atoms with Crippen molar-refractivity contribution in [3.05, 3.63) is 81.8 Å². The minimum Gasteiger partial charge on any atom is -0.362 e. The van der Waals surface area contributed by atoms with Crippen LogP contribution < -0.4 is 10.6 Å². The molecule has 5 nitrogen and oxygen atoms in total. The van der Waals surface area contributed by atoms with Crippen molar-refractivity contribution >= 4 is 29.1 Å². The molecule has 0 saturated carbocycles. The van der Waals surface area contributed by atoms with Crippen molar-refractivity contribution in [1.29, 1.82) is 0 Å². The molecule has 2 aromatic rings. The molecule has 29 heavy (non-hydrogen) atoms. The average Bonchev–Trinajstić information content (AvgIpc) is 2.67. The van der Waals surface area contributed by atoms with E-state index in [9.17, 15) is 9.59 Å². The van der Waals surface area contributed by atoms with Gasteiger partial charge in [0.15, 0.2) is 5.78 Å². The number of hydrogen-bond donors (Lipinski definition) is 2. The van der Waals surface area contributed by atoms with E-state index in [1.807, 2.05) is 31.2 Å². The number of ketones is 1. The Kier molecular flexibility index (Phi) is 5.24. The Hall–Kier alpha value is -2.92. The lowest BCUT2D eigenvalue weighted by Gasteiger charge is -2.36. The van der Waals surface area contributed by atoms with Gasteiger partial charge in [0.05, 0.1) is 0 Å². The molecular weight excluding hydrogens is 386 g/mol. The Balaban J connectivity index is 1.81. The number of amides is 1. The first-order valence-electron chi connectivity index (χ1n) is 9.66. The lowest BCUT2D eigenvalue weighted by Crippen LogP contribution is -2.37. The second-order valence-corrected chi connectivity index (χ2v) is 8.09. The zero-order valence-electron chi connectivity index (χ0n) is 16.3. The number of anilines is 1. The molecule has 2 heterocycles. The van der Waals surface area contributed by atoms with E-state index in [0.717, 1.165) is 23.4 Å². The molecule has 0 radical (unpaired) electrons. The Morgan fingerprint density at radius 3 is 2.76 bits per heavy atom. The van der Waals surface area contributed by atoms with E-state index in [0.29, 0.717) is 28.4 Å². The second-order valence-electron chi connectivity index (χ2n) is 7.65. The summed E-state index contributed by atoms with van der Waals surface area (Å²) in [6, 6.07) is 12.7. The maximum Gasteiger partial charge on any atom is 0.255 e. The van der Waals surface area contributed by atoms with Gasteiger partial charge in [0, 0.05) is 46.1 Å². The van der Waals surface area contributed by atoms with Crippen molar-refractivity contribution in [2.75, 3.05) is 5.32 Å². The fourth-order valence-corrected chi connectivity index (χ4v) is 4.37. The number of aromatic nitrogens is 1. The van der Waals surface area contributed by atoms with Crippen LogP contribution in [0.2, 0.25) is 5.02 Å². The molecule has 2 atom stereocenters. The van der Waals surface area contributed by atoms with Crippen LogP contribution in [-0.4, -0.2) is 16.7 Å². The van der Waals surface area contributed by atoms with Crippen LogP contribution in [0.4, 0.5) is 5.82 Å². The number of pyridine rings is 1. The Bertz CT molecular complexity index is 1040. The quantitative estimate of drug-likeness (QED) is 0.780. The molecule has 2 aliphatic rings. The third-order valence-electron chi connectivity index (χ3n) is 5.36. The standard InChI is InChI=1S/C23H22ClN3O2/c1-13-10-17-22(18(28)11-13)21(15-6-5-7-16(24)12-15)20(14(2)26-17)23(29)27-19-8-3-4-9-25-19/h3-9,12-13,21,26H,10-11H2,1-2H3,(H,25,27,29)/t13-,21-/m0/s1. The van der Waals surface area contributed by atoms with Gasteiger partial charge in [-0.25, -0.2) is 4.98 Å². The number of hydrogen-bond acceptors (Lipinski definition) is 4. The molecule has 0 unspecified atom stereocenters. The third-order valence-corrected chi connectivity index (χ3v) is 5.60. The smallest absolute Gasteiger partial charge is 0.255 e. The van der Waals surface area contributed by atoms with Crippen molar-refractivity contribution in [1.82, 2.24) is 10.3 Å². The van der Waals surface area contributed by atoms with Crippen molar-refractivity contribution in [2.24, 2.45) is 5.92 Å². The van der Waals surface area contributed by atoms with Gasteiger partial charge in [-0.15, -0.1) is 0 Å². The minimum atomic E-state index is -0.464. The van der Waals surface area contributed by atoms with E-state index in [4.69, 9.17) is 11.6 Å². The van der Waals surface area contributed by atoms with Gasteiger partial charge in [-0.2, -0.15) is 0 Å². The summed E-state index contributed by atoms with van der Waals surface area (Å²) in [4.78, 5) is 30.5. The highest BCUT2D eigenvalue weighted by Crippen LogP contribution is 2.43. The number of rotatable bonds is 3. The number of carbonyl (C=O) groups is 2. The number of dihydropyridines is 1. The summed E-state index contributed by atoms with van der Waals surface area (Å²) in [7, 11) is 0. The van der Waals surface area contributed by atoms with Gasteiger partial charge in [-0.1, -0.05) is 36.7 Å². The maximum atomic E-state index is 13.3. The summed E-state index contributed by atoms with van der Waals surface area (Å²) in [6.07, 6.45) is 2.88. The number of allylic oxidation sites excluding steroid dienone is 3. The molecule has 1 aliphatic heterocycles. The summed E-state index contributed by atoms with van der Waals surface area (Å²) < 4.78 is 0. The Labute approximate surface area is 174 Å². The normalized spacial score (nSPS) is 21.6. The van der Waals surface area contributed by atoms with Crippen LogP contribution in [0.5, 0.6) is 0 Å². The molecule has 0 spiro atoms. The molecule has 2 N–H and O–H groups in total. The number of Topliss-reactive ketones (excluding diaryl/α,β-unsaturated/α-hetero) is 1. The first-order chi connectivity index (χ1) is 13.9. The lowest BCUT2D eigenvalue weighted by atomic mass is 9.73. The Morgan fingerprint density at radius 1 is 1.21 bits per heavy atom. The molecule has 0 saturated heterocycles. The van der Waals surface area contributed by atoms with Crippen LogP contribution in [-0.2, 0) is 9.59 Å². The first kappa shape index (κ1) is 19.4. The minimum absolute atomic E-state index is 0.0758. The number of carbonyl (C=O) groups excluding carboxylic acids is 2. The van der Waals surface area contributed by atoms with Gasteiger partial charge in [-0.05, 0) is 49.1 Å². The summed E-state index contributed by atoms with van der Waals surface area (Å²) >= 11 is 6.25. The molecule has 6 heteroatoms. The maximum absolute atomic E-state index is 13.3. The van der Waals surface area contributed by atoms with Gasteiger partial charge >= 0.3 is 0 Å². The van der Waals surface area contributed by atoms with Gasteiger partial charge < -0.3 is 10.6 Å². The molecule has 1 amide bonds. The van der Waals surface area contributed by atoms with Gasteiger partial charge in [0.2, 0.25) is 0 Å². The van der Waals surface area contributed by atoms with E-state index in [1.165, 1.54) is 0 Å². The van der Waals surface area contributed by atoms with E-state index in [1.54, 1.807) is 24.4 Å². The van der Waals surface area contributed by atoms with Crippen LogP contribution in [0.1, 0.15) is 38.2 Å². The average molecular weight is 408 g/mol. The van der Waals surface area contributed by atoms with Crippen molar-refractivity contribution in [3.63, 3.8) is 0 Å². The van der Waals surface area contributed by atoms with Crippen LogP contribution in [0.15, 0.2) is 71.2 Å². The highest BCUT2D eigenvalue weighted by atomic mass is 35.5. The van der Waals surface area contributed by atoms with E-state index in [-0.39, 0.29) is 17.6 Å². The highest BCUT2D eigenvalue weighted by molar-refractivity contribution is 6.30. The SMILES string of the molecule is CC1=C(C(=O)Nc2ccccn2)[C@H](c2cccc(Cl)c2)C2=C(C[C@H](C)CC2=O)N1. The second kappa shape index (κ2) is 7.84. The molecule has 0 fully saturated rings. The highest BCUT2D eigenvalue weighted by Gasteiger charge is 2.39. The lowest BCUT2D eigenvalue weighted by molar-refractivity contribution is -0.117.